The summed E-state index contributed by atoms with van der Waals surface area (Å²) in [4.78, 5) is 8.41. The van der Waals surface area contributed by atoms with Crippen LogP contribution in [0.5, 0.6) is 0 Å². The molecule has 1 aromatic carbocycles. The molecule has 0 spiro atoms. The van der Waals surface area contributed by atoms with Gasteiger partial charge < -0.3 is 9.67 Å². The molecule has 0 bridgehead atoms. The van der Waals surface area contributed by atoms with Gasteiger partial charge in [0, 0.05) is 28.4 Å². The van der Waals surface area contributed by atoms with Crippen molar-refractivity contribution in [1.29, 1.82) is 0 Å². The number of pyridine rings is 2. The van der Waals surface area contributed by atoms with E-state index in [1.54, 1.807) is 0 Å². The summed E-state index contributed by atoms with van der Waals surface area (Å²) in [5.74, 6) is -3.84. The molecule has 0 fully saturated rings. The summed E-state index contributed by atoms with van der Waals surface area (Å²) in [6, 6.07) is 8.23. The molecule has 3 aromatic heterocycles. The Morgan fingerprint density at radius 3 is 2.00 bits per heavy atom. The fraction of sp³-hybridized carbons (Fsp3) is 0.174. The van der Waals surface area contributed by atoms with E-state index in [4.69, 9.17) is 0 Å². The van der Waals surface area contributed by atoms with Crippen molar-refractivity contribution in [3.63, 3.8) is 0 Å². The Morgan fingerprint density at radius 1 is 0.771 bits per heavy atom. The molecule has 12 heteroatoms. The first-order valence-corrected chi connectivity index (χ1v) is 9.63. The van der Waals surface area contributed by atoms with E-state index in [1.807, 2.05) is 0 Å². The molecule has 0 saturated heterocycles. The van der Waals surface area contributed by atoms with Crippen LogP contribution in [0.2, 0.25) is 0 Å². The SMILES string of the molecule is CC(C)(c1cc(F)cc(-c2[c-]cc(F)cc2F)n1)c1cc(F)cc(-n2[c-]cc(C(F)(F)F)n2)n1.[Pt+2]. The van der Waals surface area contributed by atoms with Gasteiger partial charge in [-0.1, -0.05) is 17.8 Å². The summed E-state index contributed by atoms with van der Waals surface area (Å²) in [6.45, 7) is 3.03. The van der Waals surface area contributed by atoms with Crippen molar-refractivity contribution in [1.82, 2.24) is 19.7 Å². The van der Waals surface area contributed by atoms with Crippen LogP contribution in [0.15, 0.2) is 42.5 Å². The van der Waals surface area contributed by atoms with E-state index in [9.17, 15) is 30.7 Å². The van der Waals surface area contributed by atoms with E-state index in [-0.39, 0.29) is 49.5 Å². The number of nitrogens with zero attached hydrogens (tertiary/aromatic N) is 4. The van der Waals surface area contributed by atoms with Crippen LogP contribution in [0.1, 0.15) is 30.9 Å². The van der Waals surface area contributed by atoms with Gasteiger partial charge in [0.1, 0.15) is 11.6 Å². The molecule has 35 heavy (non-hydrogen) atoms. The Hall–Kier alpha value is -3.07. The first-order valence-electron chi connectivity index (χ1n) is 9.63. The van der Waals surface area contributed by atoms with Crippen molar-refractivity contribution in [2.24, 2.45) is 0 Å². The van der Waals surface area contributed by atoms with Gasteiger partial charge in [0.05, 0.1) is 11.5 Å². The Labute approximate surface area is 209 Å². The molecule has 4 rings (SSSR count). The summed E-state index contributed by atoms with van der Waals surface area (Å²) in [6.07, 6.45) is -2.50. The normalized spacial score (nSPS) is 11.9. The smallest absolute Gasteiger partial charge is 0.343 e. The second kappa shape index (κ2) is 9.53. The van der Waals surface area contributed by atoms with Crippen molar-refractivity contribution in [3.8, 4) is 17.1 Å². The quantitative estimate of drug-likeness (QED) is 0.203. The molecule has 0 N–H and O–H groups in total. The van der Waals surface area contributed by atoms with Crippen molar-refractivity contribution in [3.05, 3.63) is 95.1 Å². The molecule has 0 aliphatic carbocycles. The zero-order chi connectivity index (χ0) is 24.8. The van der Waals surface area contributed by atoms with Crippen LogP contribution in [0.4, 0.5) is 30.7 Å². The van der Waals surface area contributed by atoms with Gasteiger partial charge in [-0.25, -0.2) is 8.78 Å². The van der Waals surface area contributed by atoms with Crippen LogP contribution in [0.3, 0.4) is 0 Å². The monoisotopic (exact) mass is 673 g/mol. The number of benzene rings is 1. The largest absolute Gasteiger partial charge is 2.00 e. The van der Waals surface area contributed by atoms with Crippen LogP contribution in [0.25, 0.3) is 17.1 Å². The first-order chi connectivity index (χ1) is 15.8. The standard InChI is InChI=1S/C23H13F7N4.Pt/c1-22(2,19-9-13(25)8-17(31-19)15-4-3-12(24)7-16(15)27)20-10-14(26)11-21(32-20)34-6-5-18(33-34)23(28,29)30;/h3,5,7-11H,1-2H3;/q-2;+2. The molecule has 0 unspecified atom stereocenters. The van der Waals surface area contributed by atoms with Crippen molar-refractivity contribution in [2.45, 2.75) is 25.4 Å². The van der Waals surface area contributed by atoms with Gasteiger partial charge in [0.15, 0.2) is 0 Å². The van der Waals surface area contributed by atoms with Crippen molar-refractivity contribution < 1.29 is 51.8 Å². The van der Waals surface area contributed by atoms with E-state index in [1.165, 1.54) is 13.8 Å². The molecule has 0 radical (unpaired) electrons. The number of alkyl halides is 3. The molecular weight excluding hydrogens is 660 g/mol. The summed E-state index contributed by atoms with van der Waals surface area (Å²) in [5.41, 5.74) is -3.03. The molecule has 4 aromatic rings. The number of rotatable bonds is 4. The summed E-state index contributed by atoms with van der Waals surface area (Å²) >= 11 is 0. The van der Waals surface area contributed by atoms with Gasteiger partial charge >= 0.3 is 27.2 Å². The van der Waals surface area contributed by atoms with Crippen LogP contribution in [0, 0.1) is 35.5 Å². The maximum absolute atomic E-state index is 14.4. The van der Waals surface area contributed by atoms with Gasteiger partial charge in [-0.3, -0.25) is 18.9 Å². The number of hydrogen-bond acceptors (Lipinski definition) is 3. The van der Waals surface area contributed by atoms with E-state index >= 15 is 0 Å². The molecule has 0 aliphatic heterocycles. The Kier molecular flexibility index (Phi) is 7.22. The Bertz CT molecular complexity index is 1380. The Balaban J connectivity index is 0.00000342. The predicted molar refractivity (Wildman–Crippen MR) is 106 cm³/mol. The molecule has 0 atom stereocenters. The van der Waals surface area contributed by atoms with E-state index in [0.717, 1.165) is 30.3 Å². The van der Waals surface area contributed by atoms with Crippen LogP contribution in [-0.2, 0) is 32.7 Å². The van der Waals surface area contributed by atoms with Crippen LogP contribution >= 0.6 is 0 Å². The molecule has 184 valence electrons. The molecule has 4 nitrogen and oxygen atoms in total. The minimum Gasteiger partial charge on any atom is -0.343 e. The fourth-order valence-corrected chi connectivity index (χ4v) is 3.17. The second-order valence-electron chi connectivity index (χ2n) is 7.82. The zero-order valence-corrected chi connectivity index (χ0v) is 20.1. The maximum atomic E-state index is 14.4. The molecule has 3 heterocycles. The predicted octanol–water partition coefficient (Wildman–Crippen LogP) is 5.83. The molecule has 0 saturated carbocycles. The van der Waals surface area contributed by atoms with Gasteiger partial charge in [0.25, 0.3) is 0 Å². The topological polar surface area (TPSA) is 43.6 Å². The van der Waals surface area contributed by atoms with E-state index in [2.05, 4.69) is 27.3 Å². The third-order valence-corrected chi connectivity index (χ3v) is 5.00. The number of halogens is 7. The summed E-state index contributed by atoms with van der Waals surface area (Å²) < 4.78 is 95.5. The van der Waals surface area contributed by atoms with E-state index < -0.39 is 40.6 Å². The zero-order valence-electron chi connectivity index (χ0n) is 17.8. The van der Waals surface area contributed by atoms with Crippen LogP contribution in [-0.4, -0.2) is 19.7 Å². The fourth-order valence-electron chi connectivity index (χ4n) is 3.17. The first kappa shape index (κ1) is 26.5. The van der Waals surface area contributed by atoms with Crippen LogP contribution < -0.4 is 0 Å². The maximum Gasteiger partial charge on any atom is 2.00 e. The van der Waals surface area contributed by atoms with Gasteiger partial charge in [-0.2, -0.15) is 13.2 Å². The average molecular weight is 673 g/mol. The average Bonchev–Trinajstić information content (AvgIpc) is 3.24. The van der Waals surface area contributed by atoms with Crippen molar-refractivity contribution >= 4 is 0 Å². The molecule has 0 aliphatic rings. The molecule has 0 amide bonds. The summed E-state index contributed by atoms with van der Waals surface area (Å²) in [5, 5.41) is 3.33. The Morgan fingerprint density at radius 2 is 1.40 bits per heavy atom. The van der Waals surface area contributed by atoms with Crippen molar-refractivity contribution in [2.75, 3.05) is 0 Å². The third kappa shape index (κ3) is 5.45. The second-order valence-corrected chi connectivity index (χ2v) is 7.82. The van der Waals surface area contributed by atoms with Gasteiger partial charge in [0.2, 0.25) is 0 Å². The minimum absolute atomic E-state index is 0. The third-order valence-electron chi connectivity index (χ3n) is 5.00. The van der Waals surface area contributed by atoms with Gasteiger partial charge in [-0.15, -0.1) is 18.2 Å². The molecular formula is C23H13F7N4Pt. The number of aromatic nitrogens is 4. The number of hydrogen-bond donors (Lipinski definition) is 0. The van der Waals surface area contributed by atoms with Gasteiger partial charge in [-0.05, 0) is 43.8 Å². The minimum atomic E-state index is -4.73. The summed E-state index contributed by atoms with van der Waals surface area (Å²) in [7, 11) is 0. The van der Waals surface area contributed by atoms with E-state index in [0.29, 0.717) is 16.8 Å².